The number of rotatable bonds is 7. The number of hydrogen-bond donors (Lipinski definition) is 3. The summed E-state index contributed by atoms with van der Waals surface area (Å²) in [5.41, 5.74) is 2.26. The van der Waals surface area contributed by atoms with Gasteiger partial charge in [-0.05, 0) is 24.6 Å². The van der Waals surface area contributed by atoms with E-state index in [0.717, 1.165) is 11.3 Å². The van der Waals surface area contributed by atoms with Crippen LogP contribution in [0.1, 0.15) is 22.8 Å². The average molecular weight is 299 g/mol. The van der Waals surface area contributed by atoms with Crippen molar-refractivity contribution in [1.82, 2.24) is 10.0 Å². The molecule has 1 aromatic rings. The molecule has 0 aliphatic heterocycles. The second kappa shape index (κ2) is 7.25. The Morgan fingerprint density at radius 1 is 1.30 bits per heavy atom. The zero-order chi connectivity index (χ0) is 15.2. The van der Waals surface area contributed by atoms with Gasteiger partial charge in [-0.3, -0.25) is 4.79 Å². The minimum atomic E-state index is -3.31. The summed E-state index contributed by atoms with van der Waals surface area (Å²) < 4.78 is 25.3. The normalized spacial score (nSPS) is 11.2. The summed E-state index contributed by atoms with van der Waals surface area (Å²) in [6.07, 6.45) is 0. The average Bonchev–Trinajstić information content (AvgIpc) is 2.37. The van der Waals surface area contributed by atoms with E-state index in [2.05, 4.69) is 15.4 Å². The van der Waals surface area contributed by atoms with E-state index >= 15 is 0 Å². The zero-order valence-corrected chi connectivity index (χ0v) is 12.8. The van der Waals surface area contributed by atoms with Crippen LogP contribution in [0.5, 0.6) is 0 Å². The van der Waals surface area contributed by atoms with Gasteiger partial charge in [-0.25, -0.2) is 13.1 Å². The van der Waals surface area contributed by atoms with Gasteiger partial charge in [0.1, 0.15) is 0 Å². The highest BCUT2D eigenvalue weighted by Gasteiger charge is 2.13. The SMILES string of the molecule is CCNS(=O)(=O)CCNC(=O)c1ccc(C)cc1NC. The lowest BCUT2D eigenvalue weighted by Gasteiger charge is -2.11. The van der Waals surface area contributed by atoms with Crippen molar-refractivity contribution in [2.45, 2.75) is 13.8 Å². The van der Waals surface area contributed by atoms with E-state index in [4.69, 9.17) is 0 Å². The van der Waals surface area contributed by atoms with Gasteiger partial charge in [0.15, 0.2) is 0 Å². The molecule has 0 aliphatic rings. The van der Waals surface area contributed by atoms with Crippen molar-refractivity contribution in [3.05, 3.63) is 29.3 Å². The van der Waals surface area contributed by atoms with Crippen LogP contribution in [0.3, 0.4) is 0 Å². The maximum Gasteiger partial charge on any atom is 0.253 e. The molecule has 0 heterocycles. The second-order valence-electron chi connectivity index (χ2n) is 4.37. The molecule has 0 bridgehead atoms. The fourth-order valence-electron chi connectivity index (χ4n) is 1.75. The number of anilines is 1. The maximum absolute atomic E-state index is 12.0. The number of benzene rings is 1. The Hall–Kier alpha value is -1.60. The van der Waals surface area contributed by atoms with Crippen LogP contribution in [0.4, 0.5) is 5.69 Å². The third-order valence-electron chi connectivity index (χ3n) is 2.71. The van der Waals surface area contributed by atoms with Crippen molar-refractivity contribution in [2.75, 3.05) is 31.2 Å². The van der Waals surface area contributed by atoms with Crippen molar-refractivity contribution < 1.29 is 13.2 Å². The summed E-state index contributed by atoms with van der Waals surface area (Å²) in [5, 5.41) is 5.56. The third kappa shape index (κ3) is 4.82. The van der Waals surface area contributed by atoms with Crippen LogP contribution in [-0.2, 0) is 10.0 Å². The van der Waals surface area contributed by atoms with E-state index in [1.165, 1.54) is 0 Å². The number of aryl methyl sites for hydroxylation is 1. The first-order valence-corrected chi connectivity index (χ1v) is 8.08. The van der Waals surface area contributed by atoms with Gasteiger partial charge < -0.3 is 10.6 Å². The van der Waals surface area contributed by atoms with Crippen molar-refractivity contribution in [1.29, 1.82) is 0 Å². The molecule has 0 radical (unpaired) electrons. The summed E-state index contributed by atoms with van der Waals surface area (Å²) in [7, 11) is -1.57. The van der Waals surface area contributed by atoms with Crippen LogP contribution < -0.4 is 15.4 Å². The van der Waals surface area contributed by atoms with Crippen molar-refractivity contribution in [3.8, 4) is 0 Å². The van der Waals surface area contributed by atoms with E-state index in [0.29, 0.717) is 12.1 Å². The predicted octanol–water partition coefficient (Wildman–Crippen LogP) is 0.706. The molecule has 0 unspecified atom stereocenters. The van der Waals surface area contributed by atoms with E-state index in [1.54, 1.807) is 20.0 Å². The Kier molecular flexibility index (Phi) is 5.97. The quantitative estimate of drug-likeness (QED) is 0.692. The molecule has 0 aromatic heterocycles. The molecule has 0 saturated carbocycles. The van der Waals surface area contributed by atoms with Crippen molar-refractivity contribution >= 4 is 21.6 Å². The highest BCUT2D eigenvalue weighted by Crippen LogP contribution is 2.16. The molecule has 6 nitrogen and oxygen atoms in total. The molecule has 112 valence electrons. The van der Waals surface area contributed by atoms with Crippen LogP contribution in [0.25, 0.3) is 0 Å². The summed E-state index contributed by atoms with van der Waals surface area (Å²) in [6, 6.07) is 5.42. The molecule has 0 aliphatic carbocycles. The minimum absolute atomic E-state index is 0.0746. The van der Waals surface area contributed by atoms with Gasteiger partial charge in [0.05, 0.1) is 11.3 Å². The predicted molar refractivity (Wildman–Crippen MR) is 80.5 cm³/mol. The molecule has 1 rings (SSSR count). The van der Waals surface area contributed by atoms with Gasteiger partial charge in [0.25, 0.3) is 5.91 Å². The largest absolute Gasteiger partial charge is 0.387 e. The van der Waals surface area contributed by atoms with E-state index in [9.17, 15) is 13.2 Å². The Morgan fingerprint density at radius 3 is 2.60 bits per heavy atom. The molecule has 7 heteroatoms. The fourth-order valence-corrected chi connectivity index (χ4v) is 2.70. The van der Waals surface area contributed by atoms with Crippen LogP contribution in [0.15, 0.2) is 18.2 Å². The number of carbonyl (C=O) groups excluding carboxylic acids is 1. The highest BCUT2D eigenvalue weighted by atomic mass is 32.2. The number of sulfonamides is 1. The Labute approximate surface area is 120 Å². The standard InChI is InChI=1S/C13H21N3O3S/c1-4-16-20(18,19)8-7-15-13(17)11-6-5-10(2)9-12(11)14-3/h5-6,9,14,16H,4,7-8H2,1-3H3,(H,15,17). The van der Waals surface area contributed by atoms with Crippen molar-refractivity contribution in [3.63, 3.8) is 0 Å². The maximum atomic E-state index is 12.0. The van der Waals surface area contributed by atoms with Crippen LogP contribution in [-0.4, -0.2) is 40.2 Å². The van der Waals surface area contributed by atoms with Crippen molar-refractivity contribution in [2.24, 2.45) is 0 Å². The van der Waals surface area contributed by atoms with Gasteiger partial charge in [-0.2, -0.15) is 0 Å². The molecule has 0 fully saturated rings. The molecular formula is C13H21N3O3S. The Morgan fingerprint density at radius 2 is 2.00 bits per heavy atom. The first-order valence-electron chi connectivity index (χ1n) is 6.43. The molecule has 20 heavy (non-hydrogen) atoms. The molecule has 0 spiro atoms. The lowest BCUT2D eigenvalue weighted by Crippen LogP contribution is -2.34. The molecule has 0 saturated heterocycles. The van der Waals surface area contributed by atoms with Gasteiger partial charge in [0, 0.05) is 25.8 Å². The molecular weight excluding hydrogens is 278 g/mol. The summed E-state index contributed by atoms with van der Waals surface area (Å²) in [6.45, 7) is 4.07. The summed E-state index contributed by atoms with van der Waals surface area (Å²) >= 11 is 0. The highest BCUT2D eigenvalue weighted by molar-refractivity contribution is 7.89. The van der Waals surface area contributed by atoms with Crippen LogP contribution in [0.2, 0.25) is 0 Å². The van der Waals surface area contributed by atoms with Gasteiger partial charge >= 0.3 is 0 Å². The molecule has 1 aromatic carbocycles. The summed E-state index contributed by atoms with van der Waals surface area (Å²) in [4.78, 5) is 12.0. The number of carbonyl (C=O) groups is 1. The van der Waals surface area contributed by atoms with E-state index in [1.807, 2.05) is 19.1 Å². The monoisotopic (exact) mass is 299 g/mol. The number of amides is 1. The lowest BCUT2D eigenvalue weighted by atomic mass is 10.1. The zero-order valence-electron chi connectivity index (χ0n) is 12.0. The Balaban J connectivity index is 2.64. The lowest BCUT2D eigenvalue weighted by molar-refractivity contribution is 0.0957. The third-order valence-corrected chi connectivity index (χ3v) is 4.18. The number of nitrogens with one attached hydrogen (secondary N) is 3. The topological polar surface area (TPSA) is 87.3 Å². The first kappa shape index (κ1) is 16.5. The van der Waals surface area contributed by atoms with E-state index in [-0.39, 0.29) is 18.2 Å². The molecule has 0 atom stereocenters. The number of hydrogen-bond acceptors (Lipinski definition) is 4. The van der Waals surface area contributed by atoms with E-state index < -0.39 is 10.0 Å². The molecule has 1 amide bonds. The second-order valence-corrected chi connectivity index (χ2v) is 6.30. The smallest absolute Gasteiger partial charge is 0.253 e. The Bertz CT molecular complexity index is 570. The van der Waals surface area contributed by atoms with Crippen LogP contribution >= 0.6 is 0 Å². The van der Waals surface area contributed by atoms with Gasteiger partial charge in [0.2, 0.25) is 10.0 Å². The molecule has 3 N–H and O–H groups in total. The fraction of sp³-hybridized carbons (Fsp3) is 0.462. The van der Waals surface area contributed by atoms with Crippen LogP contribution in [0, 0.1) is 6.92 Å². The van der Waals surface area contributed by atoms with Gasteiger partial charge in [-0.15, -0.1) is 0 Å². The van der Waals surface area contributed by atoms with Gasteiger partial charge in [-0.1, -0.05) is 13.0 Å². The first-order chi connectivity index (χ1) is 9.39. The summed E-state index contributed by atoms with van der Waals surface area (Å²) in [5.74, 6) is -0.422. The minimum Gasteiger partial charge on any atom is -0.387 e.